The van der Waals surface area contributed by atoms with E-state index < -0.39 is 5.97 Å². The number of ether oxygens (including phenoxy) is 1. The van der Waals surface area contributed by atoms with E-state index >= 15 is 0 Å². The molecule has 3 N–H and O–H groups in total. The molecular weight excluding hydrogens is 352 g/mol. The zero-order valence-electron chi connectivity index (χ0n) is 14.3. The molecule has 0 radical (unpaired) electrons. The van der Waals surface area contributed by atoms with Gasteiger partial charge < -0.3 is 15.2 Å². The molecule has 0 saturated heterocycles. The van der Waals surface area contributed by atoms with Crippen LogP contribution in [-0.2, 0) is 4.79 Å². The van der Waals surface area contributed by atoms with Crippen molar-refractivity contribution in [3.05, 3.63) is 65.2 Å². The zero-order valence-corrected chi connectivity index (χ0v) is 15.1. The van der Waals surface area contributed by atoms with Crippen LogP contribution in [0.4, 0.5) is 5.69 Å². The molecule has 6 nitrogen and oxygen atoms in total. The normalized spacial score (nSPS) is 10.4. The van der Waals surface area contributed by atoms with Crippen molar-refractivity contribution in [3.8, 4) is 5.75 Å². The van der Waals surface area contributed by atoms with E-state index in [4.69, 9.17) is 22.1 Å². The molecule has 0 heterocycles. The van der Waals surface area contributed by atoms with Gasteiger partial charge in [0.2, 0.25) is 0 Å². The molecule has 0 atom stereocenters. The van der Waals surface area contributed by atoms with Crippen molar-refractivity contribution >= 4 is 41.0 Å². The highest BCUT2D eigenvalue weighted by Crippen LogP contribution is 2.26. The molecule has 0 unspecified atom stereocenters. The van der Waals surface area contributed by atoms with Gasteiger partial charge in [-0.15, -0.1) is 0 Å². The second-order valence-corrected chi connectivity index (χ2v) is 5.76. The number of thiocarbonyl (C=S) groups is 1. The maximum atomic E-state index is 12.3. The lowest BCUT2D eigenvalue weighted by Crippen LogP contribution is -2.34. The van der Waals surface area contributed by atoms with Crippen LogP contribution in [0.2, 0.25) is 0 Å². The number of carboxylic acid groups (broad SMARTS) is 1. The Labute approximate surface area is 156 Å². The Morgan fingerprint density at radius 2 is 1.92 bits per heavy atom. The summed E-state index contributed by atoms with van der Waals surface area (Å²) in [7, 11) is 1.50. The summed E-state index contributed by atoms with van der Waals surface area (Å²) < 4.78 is 5.26. The summed E-state index contributed by atoms with van der Waals surface area (Å²) in [4.78, 5) is 23.0. The molecule has 0 aliphatic rings. The quantitative estimate of drug-likeness (QED) is 0.553. The molecule has 7 heteroatoms. The van der Waals surface area contributed by atoms with E-state index in [0.29, 0.717) is 22.6 Å². The molecule has 0 aliphatic heterocycles. The summed E-state index contributed by atoms with van der Waals surface area (Å²) in [5.74, 6) is -0.859. The van der Waals surface area contributed by atoms with Gasteiger partial charge in [-0.1, -0.05) is 24.3 Å². The second-order valence-electron chi connectivity index (χ2n) is 5.35. The Kier molecular flexibility index (Phi) is 6.46. The molecular formula is C19H18N2O4S. The van der Waals surface area contributed by atoms with E-state index in [0.717, 1.165) is 11.6 Å². The van der Waals surface area contributed by atoms with Gasteiger partial charge in [0.25, 0.3) is 5.91 Å². The number of carbonyl (C=O) groups excluding carboxylic acids is 1. The molecule has 134 valence electrons. The molecule has 0 fully saturated rings. The van der Waals surface area contributed by atoms with E-state index in [9.17, 15) is 9.59 Å². The number of nitrogens with one attached hydrogen (secondary N) is 2. The van der Waals surface area contributed by atoms with Crippen molar-refractivity contribution in [3.63, 3.8) is 0 Å². The van der Waals surface area contributed by atoms with Gasteiger partial charge in [-0.05, 0) is 54.5 Å². The fourth-order valence-electron chi connectivity index (χ4n) is 2.25. The van der Waals surface area contributed by atoms with Crippen LogP contribution in [0, 0.1) is 6.92 Å². The van der Waals surface area contributed by atoms with Crippen molar-refractivity contribution in [2.24, 2.45) is 0 Å². The predicted octanol–water partition coefficient (Wildman–Crippen LogP) is 3.23. The number of carboxylic acids is 1. The Hall–Kier alpha value is -3.19. The fraction of sp³-hybridized carbons (Fsp3) is 0.105. The van der Waals surface area contributed by atoms with Gasteiger partial charge in [-0.3, -0.25) is 10.1 Å². The number of amides is 1. The zero-order chi connectivity index (χ0) is 19.1. The molecule has 2 aromatic carbocycles. The maximum Gasteiger partial charge on any atom is 0.328 e. The monoisotopic (exact) mass is 370 g/mol. The highest BCUT2D eigenvalue weighted by molar-refractivity contribution is 7.80. The third-order valence-electron chi connectivity index (χ3n) is 3.51. The van der Waals surface area contributed by atoms with Crippen molar-refractivity contribution in [2.75, 3.05) is 12.4 Å². The van der Waals surface area contributed by atoms with Gasteiger partial charge in [-0.25, -0.2) is 4.79 Å². The number of methoxy groups -OCH3 is 1. The van der Waals surface area contributed by atoms with Crippen molar-refractivity contribution < 1.29 is 19.4 Å². The lowest BCUT2D eigenvalue weighted by atomic mass is 10.1. The summed E-state index contributed by atoms with van der Waals surface area (Å²) in [5.41, 5.74) is 2.52. The Bertz CT molecular complexity index is 878. The Morgan fingerprint density at radius 1 is 1.19 bits per heavy atom. The highest BCUT2D eigenvalue weighted by Gasteiger charge is 2.12. The van der Waals surface area contributed by atoms with Crippen molar-refractivity contribution in [1.82, 2.24) is 5.32 Å². The number of rotatable bonds is 5. The van der Waals surface area contributed by atoms with E-state index in [1.54, 1.807) is 30.3 Å². The van der Waals surface area contributed by atoms with Crippen molar-refractivity contribution in [2.45, 2.75) is 6.92 Å². The topological polar surface area (TPSA) is 87.7 Å². The Balaban J connectivity index is 2.14. The molecule has 0 spiro atoms. The summed E-state index contributed by atoms with van der Waals surface area (Å²) in [5, 5.41) is 14.4. The van der Waals surface area contributed by atoms with Crippen LogP contribution in [0.25, 0.3) is 6.08 Å². The number of benzene rings is 2. The lowest BCUT2D eigenvalue weighted by Gasteiger charge is -2.14. The first-order valence-electron chi connectivity index (χ1n) is 7.67. The Morgan fingerprint density at radius 3 is 2.58 bits per heavy atom. The lowest BCUT2D eigenvalue weighted by molar-refractivity contribution is -0.131. The van der Waals surface area contributed by atoms with Crippen LogP contribution in [0.3, 0.4) is 0 Å². The summed E-state index contributed by atoms with van der Waals surface area (Å²) in [6.07, 6.45) is 2.48. The molecule has 26 heavy (non-hydrogen) atoms. The molecule has 1 amide bonds. The number of aryl methyl sites for hydroxylation is 1. The van der Waals surface area contributed by atoms with E-state index in [1.165, 1.54) is 13.2 Å². The number of hydrogen-bond donors (Lipinski definition) is 3. The first-order chi connectivity index (χ1) is 12.4. The minimum atomic E-state index is -1.05. The number of hydrogen-bond acceptors (Lipinski definition) is 4. The van der Waals surface area contributed by atoms with Gasteiger partial charge in [0, 0.05) is 11.6 Å². The predicted molar refractivity (Wildman–Crippen MR) is 105 cm³/mol. The molecule has 0 saturated carbocycles. The summed E-state index contributed by atoms with van der Waals surface area (Å²) in [6.45, 7) is 1.84. The second kappa shape index (κ2) is 8.77. The minimum Gasteiger partial charge on any atom is -0.495 e. The third-order valence-corrected chi connectivity index (χ3v) is 3.71. The summed E-state index contributed by atoms with van der Waals surface area (Å²) >= 11 is 5.20. The molecule has 0 aliphatic carbocycles. The summed E-state index contributed by atoms with van der Waals surface area (Å²) in [6, 6.07) is 12.2. The van der Waals surface area contributed by atoms with Gasteiger partial charge in [0.05, 0.1) is 12.8 Å². The van der Waals surface area contributed by atoms with Crippen LogP contribution in [-0.4, -0.2) is 29.2 Å². The first kappa shape index (κ1) is 19.1. The molecule has 2 rings (SSSR count). The SMILES string of the molecule is COc1ccc(/C=C/C(=O)O)cc1NC(=S)NC(=O)c1ccccc1C. The number of aliphatic carboxylic acids is 1. The molecule has 2 aromatic rings. The average molecular weight is 370 g/mol. The van der Waals surface area contributed by atoms with Crippen LogP contribution >= 0.6 is 12.2 Å². The van der Waals surface area contributed by atoms with Crippen molar-refractivity contribution in [1.29, 1.82) is 0 Å². The largest absolute Gasteiger partial charge is 0.495 e. The van der Waals surface area contributed by atoms with Crippen LogP contribution in [0.1, 0.15) is 21.5 Å². The standard InChI is InChI=1S/C19H18N2O4S/c1-12-5-3-4-6-14(12)18(24)21-19(26)20-15-11-13(8-10-17(22)23)7-9-16(15)25-2/h3-11H,1-2H3,(H,22,23)(H2,20,21,24,26)/b10-8+. The third kappa shape index (κ3) is 5.15. The molecule has 0 bridgehead atoms. The minimum absolute atomic E-state index is 0.107. The van der Waals surface area contributed by atoms with E-state index in [1.807, 2.05) is 19.1 Å². The van der Waals surface area contributed by atoms with Crippen LogP contribution in [0.5, 0.6) is 5.75 Å². The smallest absolute Gasteiger partial charge is 0.328 e. The van der Waals surface area contributed by atoms with Crippen LogP contribution < -0.4 is 15.4 Å². The number of anilines is 1. The maximum absolute atomic E-state index is 12.3. The number of carbonyl (C=O) groups is 2. The van der Waals surface area contributed by atoms with Gasteiger partial charge >= 0.3 is 5.97 Å². The first-order valence-corrected chi connectivity index (χ1v) is 8.08. The van der Waals surface area contributed by atoms with Gasteiger partial charge in [0.1, 0.15) is 5.75 Å². The van der Waals surface area contributed by atoms with Gasteiger partial charge in [0.15, 0.2) is 5.11 Å². The van der Waals surface area contributed by atoms with E-state index in [-0.39, 0.29) is 11.0 Å². The van der Waals surface area contributed by atoms with Crippen LogP contribution in [0.15, 0.2) is 48.5 Å². The fourth-order valence-corrected chi connectivity index (χ4v) is 2.45. The average Bonchev–Trinajstić information content (AvgIpc) is 2.60. The highest BCUT2D eigenvalue weighted by atomic mass is 32.1. The van der Waals surface area contributed by atoms with E-state index in [2.05, 4.69) is 10.6 Å². The molecule has 0 aromatic heterocycles. The van der Waals surface area contributed by atoms with Gasteiger partial charge in [-0.2, -0.15) is 0 Å².